The van der Waals surface area contributed by atoms with Crippen LogP contribution in [0.15, 0.2) is 71.2 Å². The lowest BCUT2D eigenvalue weighted by Gasteiger charge is -2.38. The van der Waals surface area contributed by atoms with Gasteiger partial charge in [-0.25, -0.2) is 14.6 Å². The van der Waals surface area contributed by atoms with Crippen molar-refractivity contribution in [1.29, 1.82) is 0 Å². The maximum absolute atomic E-state index is 14.5. The van der Waals surface area contributed by atoms with E-state index in [1.54, 1.807) is 27.7 Å². The lowest BCUT2D eigenvalue weighted by molar-refractivity contribution is -0.149. The predicted molar refractivity (Wildman–Crippen MR) is 229 cm³/mol. The number of carbonyl (C=O) groups excluding carboxylic acids is 5. The summed E-state index contributed by atoms with van der Waals surface area (Å²) in [5, 5.41) is 37.9. The number of nitrogens with one attached hydrogen (secondary N) is 3. The van der Waals surface area contributed by atoms with Crippen molar-refractivity contribution in [1.82, 2.24) is 21.1 Å². The van der Waals surface area contributed by atoms with Gasteiger partial charge in [-0.1, -0.05) is 77.3 Å². The zero-order valence-electron chi connectivity index (χ0n) is 37.0. The van der Waals surface area contributed by atoms with Gasteiger partial charge in [0.05, 0.1) is 30.5 Å². The number of aliphatic hydroxyl groups excluding tert-OH is 2. The zero-order valence-corrected chi connectivity index (χ0v) is 37.0. The van der Waals surface area contributed by atoms with Gasteiger partial charge >= 0.3 is 11.9 Å². The molecule has 0 saturated carbocycles. The van der Waals surface area contributed by atoms with Crippen molar-refractivity contribution >= 4 is 35.4 Å². The molecule has 0 spiro atoms. The van der Waals surface area contributed by atoms with Gasteiger partial charge in [-0.3, -0.25) is 24.2 Å². The number of hydrogen-bond acceptors (Lipinski definition) is 10. The van der Waals surface area contributed by atoms with Crippen LogP contribution in [0.25, 0.3) is 0 Å². The summed E-state index contributed by atoms with van der Waals surface area (Å²) in [5.74, 6) is -6.55. The number of aliphatic hydroxyl groups is 2. The molecule has 0 aromatic rings. The molecule has 7 atom stereocenters. The average molecular weight is 855 g/mol. The van der Waals surface area contributed by atoms with Crippen molar-refractivity contribution in [2.75, 3.05) is 13.2 Å². The summed E-state index contributed by atoms with van der Waals surface area (Å²) in [6.07, 6.45) is 12.1. The molecule has 0 aromatic heterocycles. The van der Waals surface area contributed by atoms with Crippen molar-refractivity contribution in [2.45, 2.75) is 137 Å². The number of Topliss-reactive ketones (excluding diaryl/α,β-unsaturated/α-hetero) is 1. The summed E-state index contributed by atoms with van der Waals surface area (Å²) in [6, 6.07) is -3.56. The van der Waals surface area contributed by atoms with Crippen LogP contribution in [0, 0.1) is 29.1 Å². The van der Waals surface area contributed by atoms with Gasteiger partial charge in [-0.15, -0.1) is 0 Å². The van der Waals surface area contributed by atoms with Crippen molar-refractivity contribution in [3.63, 3.8) is 0 Å². The van der Waals surface area contributed by atoms with E-state index in [1.807, 2.05) is 45.1 Å². The first-order valence-electron chi connectivity index (χ1n) is 21.1. The largest absolute Gasteiger partial charge is 0.512 e. The van der Waals surface area contributed by atoms with Crippen LogP contribution in [0.3, 0.4) is 0 Å². The maximum atomic E-state index is 14.5. The fraction of sp³-hybridized carbons (Fsp3) is 0.609. The molecule has 338 valence electrons. The molecule has 61 heavy (non-hydrogen) atoms. The summed E-state index contributed by atoms with van der Waals surface area (Å²) in [5.41, 5.74) is 8.15. The van der Waals surface area contributed by atoms with E-state index in [4.69, 9.17) is 4.74 Å². The number of carbonyl (C=O) groups is 6. The van der Waals surface area contributed by atoms with Crippen molar-refractivity contribution in [2.24, 2.45) is 29.1 Å². The molecule has 1 aliphatic carbocycles. The Morgan fingerprint density at radius 3 is 2.36 bits per heavy atom. The smallest absolute Gasteiger partial charge is 0.339 e. The molecule has 1 heterocycles. The molecule has 2 rings (SSSR count). The number of ketones is 1. The minimum Gasteiger partial charge on any atom is -0.512 e. The normalized spacial score (nSPS) is 20.4. The number of nitrogens with zero attached hydrogens (tertiary/aromatic N) is 1. The summed E-state index contributed by atoms with van der Waals surface area (Å²) < 4.78 is 19.6. The molecule has 0 aromatic carbocycles. The first kappa shape index (κ1) is 52.1. The number of halogens is 1. The third-order valence-corrected chi connectivity index (χ3v) is 10.4. The van der Waals surface area contributed by atoms with Gasteiger partial charge in [0, 0.05) is 25.5 Å². The van der Waals surface area contributed by atoms with Crippen molar-refractivity contribution in [3.8, 4) is 0 Å². The quantitative estimate of drug-likeness (QED) is 0.0303. The second-order valence-corrected chi connectivity index (χ2v) is 17.3. The van der Waals surface area contributed by atoms with Crippen LogP contribution in [0.1, 0.15) is 113 Å². The molecule has 0 radical (unpaired) electrons. The average Bonchev–Trinajstić information content (AvgIpc) is 3.17. The molecule has 2 unspecified atom stereocenters. The van der Waals surface area contributed by atoms with Gasteiger partial charge in [0.25, 0.3) is 5.91 Å². The first-order valence-corrected chi connectivity index (χ1v) is 21.1. The SMILES string of the molecule is CC(=O)CC[C@@H](C(=O)N[C@H](C(=O)N[C@@H](CC1(C)C=C(F)C=C(O)C1)C(=O)N1CCCC(C(=O)O)N1)C(C)C)[C@H](O)[C@@H](C)C/C=C/C=C/CCC(C)=C=C=CC(=O)OCC(C)C. The van der Waals surface area contributed by atoms with E-state index in [-0.39, 0.29) is 56.1 Å². The van der Waals surface area contributed by atoms with Crippen molar-refractivity contribution < 1.29 is 53.2 Å². The van der Waals surface area contributed by atoms with Gasteiger partial charge in [0.15, 0.2) is 0 Å². The Morgan fingerprint density at radius 1 is 1.05 bits per heavy atom. The highest BCUT2D eigenvalue weighted by atomic mass is 19.1. The number of aliphatic carboxylic acids is 1. The number of amides is 3. The minimum atomic E-state index is -1.32. The Bertz CT molecular complexity index is 1790. The summed E-state index contributed by atoms with van der Waals surface area (Å²) >= 11 is 0. The molecular formula is C46H67FN4O10. The van der Waals surface area contributed by atoms with E-state index in [9.17, 15) is 48.5 Å². The molecule has 0 bridgehead atoms. The monoisotopic (exact) mass is 854 g/mol. The van der Waals surface area contributed by atoms with Crippen LogP contribution in [0.5, 0.6) is 0 Å². The number of hydrogen-bond donors (Lipinski definition) is 6. The molecule has 6 N–H and O–H groups in total. The Labute approximate surface area is 359 Å². The topological polar surface area (TPSA) is 212 Å². The molecule has 14 nitrogen and oxygen atoms in total. The number of carboxylic acids is 1. The number of ether oxygens (including phenoxy) is 1. The van der Waals surface area contributed by atoms with E-state index in [1.165, 1.54) is 19.1 Å². The van der Waals surface area contributed by atoms with Crippen LogP contribution in [-0.2, 0) is 33.5 Å². The van der Waals surface area contributed by atoms with Crippen LogP contribution in [0.2, 0.25) is 0 Å². The van der Waals surface area contributed by atoms with Crippen LogP contribution in [-0.4, -0.2) is 93.2 Å². The standard InChI is InChI=1S/C46H67FN4O10/c1-29(2)28-61-39(54)20-14-17-31(5)16-12-10-9-11-13-18-32(6)41(55)36(22-21-33(7)52)42(56)49-40(30(3)4)43(57)48-38(27-46(8)25-34(47)24-35(53)26-46)44(58)51-23-15-19-37(50-51)45(59)60/h9-11,13,20,24-25,29-30,32,36-38,40-41,50,53,55H,12,15-16,18-19,21-23,26-28H2,1-8H3,(H,48,57)(H,49,56)(H,59,60)/b10-9+,13-11+,31-20?/t32-,36+,37?,38-,40-,41+,46?/m0/s1. The van der Waals surface area contributed by atoms with Gasteiger partial charge < -0.3 is 35.5 Å². The minimum absolute atomic E-state index is 0.0146. The second-order valence-electron chi connectivity index (χ2n) is 17.3. The Morgan fingerprint density at radius 2 is 1.74 bits per heavy atom. The lowest BCUT2D eigenvalue weighted by Crippen LogP contribution is -2.62. The Balaban J connectivity index is 2.18. The number of esters is 1. The maximum Gasteiger partial charge on any atom is 0.339 e. The Kier molecular flexibility index (Phi) is 21.9. The van der Waals surface area contributed by atoms with E-state index in [0.29, 0.717) is 32.3 Å². The number of carboxylic acid groups (broad SMARTS) is 1. The number of rotatable bonds is 23. The fourth-order valence-electron chi connectivity index (χ4n) is 6.98. The number of allylic oxidation sites excluding steroid dienone is 9. The summed E-state index contributed by atoms with van der Waals surface area (Å²) in [6.45, 7) is 14.4. The molecule has 2 aliphatic rings. The van der Waals surface area contributed by atoms with Gasteiger partial charge in [-0.05, 0) is 93.6 Å². The molecule has 1 saturated heterocycles. The summed E-state index contributed by atoms with van der Waals surface area (Å²) in [7, 11) is 0. The van der Waals surface area contributed by atoms with Gasteiger partial charge in [0.1, 0.15) is 29.7 Å². The van der Waals surface area contributed by atoms with E-state index in [2.05, 4.69) is 27.5 Å². The molecule has 1 aliphatic heterocycles. The molecule has 1 fully saturated rings. The second kappa shape index (κ2) is 25.6. The molecule has 3 amide bonds. The number of hydrazine groups is 1. The highest BCUT2D eigenvalue weighted by Crippen LogP contribution is 2.38. The van der Waals surface area contributed by atoms with Crippen LogP contribution >= 0.6 is 0 Å². The summed E-state index contributed by atoms with van der Waals surface area (Å²) in [4.78, 5) is 77.4. The zero-order chi connectivity index (χ0) is 45.9. The lowest BCUT2D eigenvalue weighted by atomic mass is 9.77. The van der Waals surface area contributed by atoms with E-state index < -0.39 is 82.9 Å². The third-order valence-electron chi connectivity index (χ3n) is 10.4. The van der Waals surface area contributed by atoms with E-state index >= 15 is 0 Å². The first-order chi connectivity index (χ1) is 28.6. The van der Waals surface area contributed by atoms with Crippen LogP contribution in [0.4, 0.5) is 4.39 Å². The van der Waals surface area contributed by atoms with E-state index in [0.717, 1.165) is 16.7 Å². The van der Waals surface area contributed by atoms with Gasteiger partial charge in [-0.2, -0.15) is 0 Å². The third kappa shape index (κ3) is 19.0. The Hall–Kier alpha value is -5.07. The molecular weight excluding hydrogens is 788 g/mol. The highest BCUT2D eigenvalue weighted by molar-refractivity contribution is 5.93. The fourth-order valence-corrected chi connectivity index (χ4v) is 6.98. The molecule has 15 heteroatoms. The van der Waals surface area contributed by atoms with Crippen molar-refractivity contribution in [3.05, 3.63) is 71.2 Å². The highest BCUT2D eigenvalue weighted by Gasteiger charge is 2.40. The predicted octanol–water partition coefficient (Wildman–Crippen LogP) is 6.01. The van der Waals surface area contributed by atoms with Gasteiger partial charge in [0.2, 0.25) is 11.8 Å². The van der Waals surface area contributed by atoms with Crippen LogP contribution < -0.4 is 16.1 Å².